The predicted octanol–water partition coefficient (Wildman–Crippen LogP) is 2.85. The normalized spacial score (nSPS) is 8.86. The number of fused-ring (bicyclic) bond motifs is 1. The van der Waals surface area contributed by atoms with Crippen LogP contribution in [-0.2, 0) is 0 Å². The van der Waals surface area contributed by atoms with E-state index in [-0.39, 0.29) is 24.8 Å². The monoisotopic (exact) mass is 230 g/mol. The quantitative estimate of drug-likeness (QED) is 0.685. The van der Waals surface area contributed by atoms with Gasteiger partial charge in [0, 0.05) is 11.4 Å². The highest BCUT2D eigenvalue weighted by atomic mass is 35.5. The molecule has 0 aliphatic rings. The van der Waals surface area contributed by atoms with Crippen molar-refractivity contribution in [2.75, 3.05) is 11.5 Å². The summed E-state index contributed by atoms with van der Waals surface area (Å²) in [6.45, 7) is 0. The highest BCUT2D eigenvalue weighted by Gasteiger charge is 1.93. The maximum absolute atomic E-state index is 5.63. The topological polar surface area (TPSA) is 52.0 Å². The molecule has 0 saturated heterocycles. The fourth-order valence-electron chi connectivity index (χ4n) is 1.28. The van der Waals surface area contributed by atoms with Crippen LogP contribution >= 0.6 is 24.8 Å². The summed E-state index contributed by atoms with van der Waals surface area (Å²) in [6.07, 6.45) is 0. The molecular weight excluding hydrogens is 219 g/mol. The average molecular weight is 231 g/mol. The van der Waals surface area contributed by atoms with Crippen LogP contribution in [0.1, 0.15) is 0 Å². The largest absolute Gasteiger partial charge is 0.399 e. The summed E-state index contributed by atoms with van der Waals surface area (Å²) >= 11 is 0. The van der Waals surface area contributed by atoms with E-state index in [0.717, 1.165) is 16.8 Å². The minimum Gasteiger partial charge on any atom is -0.399 e. The van der Waals surface area contributed by atoms with Crippen molar-refractivity contribution in [3.8, 4) is 0 Å². The number of rotatable bonds is 0. The van der Waals surface area contributed by atoms with Crippen molar-refractivity contribution in [1.29, 1.82) is 0 Å². The standard InChI is InChI=1S/C10H10N2.2ClH/c11-9-3-1-7-2-4-10(12)6-8(7)5-9;;/h1-6H,11-12H2;2*1H. The molecule has 0 saturated carbocycles. The summed E-state index contributed by atoms with van der Waals surface area (Å²) in [5.41, 5.74) is 12.8. The van der Waals surface area contributed by atoms with Crippen LogP contribution < -0.4 is 11.5 Å². The number of nitrogens with two attached hydrogens (primary N) is 2. The third-order valence-corrected chi connectivity index (χ3v) is 1.89. The van der Waals surface area contributed by atoms with Crippen molar-refractivity contribution in [3.63, 3.8) is 0 Å². The van der Waals surface area contributed by atoms with Gasteiger partial charge in [0.15, 0.2) is 0 Å². The van der Waals surface area contributed by atoms with E-state index in [1.54, 1.807) is 0 Å². The fourth-order valence-corrected chi connectivity index (χ4v) is 1.28. The molecule has 2 nitrogen and oxygen atoms in total. The third-order valence-electron chi connectivity index (χ3n) is 1.89. The first-order valence-corrected chi connectivity index (χ1v) is 3.80. The van der Waals surface area contributed by atoms with Crippen molar-refractivity contribution in [1.82, 2.24) is 0 Å². The van der Waals surface area contributed by atoms with Crippen LogP contribution in [0.2, 0.25) is 0 Å². The highest BCUT2D eigenvalue weighted by molar-refractivity contribution is 5.87. The van der Waals surface area contributed by atoms with E-state index in [9.17, 15) is 0 Å². The molecule has 0 aliphatic heterocycles. The number of hydrogen-bond donors (Lipinski definition) is 2. The zero-order valence-corrected chi connectivity index (χ0v) is 9.07. The lowest BCUT2D eigenvalue weighted by Gasteiger charge is -1.99. The van der Waals surface area contributed by atoms with Gasteiger partial charge in [0.25, 0.3) is 0 Å². The molecule has 0 radical (unpaired) electrons. The second-order valence-corrected chi connectivity index (χ2v) is 2.87. The lowest BCUT2D eigenvalue weighted by atomic mass is 10.1. The first kappa shape index (κ1) is 12.9. The number of halogens is 2. The number of anilines is 2. The molecule has 0 aliphatic carbocycles. The van der Waals surface area contributed by atoms with Crippen LogP contribution in [0.15, 0.2) is 36.4 Å². The van der Waals surface area contributed by atoms with Crippen molar-refractivity contribution in [2.24, 2.45) is 0 Å². The van der Waals surface area contributed by atoms with Gasteiger partial charge in [-0.15, -0.1) is 24.8 Å². The smallest absolute Gasteiger partial charge is 0.0320 e. The van der Waals surface area contributed by atoms with Crippen molar-refractivity contribution >= 4 is 47.0 Å². The van der Waals surface area contributed by atoms with Gasteiger partial charge >= 0.3 is 0 Å². The highest BCUT2D eigenvalue weighted by Crippen LogP contribution is 2.19. The SMILES string of the molecule is Cl.Cl.Nc1ccc2ccc(N)cc2c1. The minimum absolute atomic E-state index is 0. The molecule has 0 fully saturated rings. The Hall–Kier alpha value is -1.12. The molecule has 0 spiro atoms. The molecule has 0 aromatic heterocycles. The first-order chi connectivity index (χ1) is 5.75. The Bertz CT molecular complexity index is 393. The van der Waals surface area contributed by atoms with E-state index >= 15 is 0 Å². The number of nitrogen functional groups attached to an aromatic ring is 2. The molecule has 4 N–H and O–H groups in total. The van der Waals surface area contributed by atoms with Crippen LogP contribution in [0.5, 0.6) is 0 Å². The molecule has 14 heavy (non-hydrogen) atoms. The van der Waals surface area contributed by atoms with Gasteiger partial charge in [-0.05, 0) is 35.0 Å². The Morgan fingerprint density at radius 3 is 1.50 bits per heavy atom. The van der Waals surface area contributed by atoms with Crippen molar-refractivity contribution in [3.05, 3.63) is 36.4 Å². The Morgan fingerprint density at radius 1 is 0.643 bits per heavy atom. The van der Waals surface area contributed by atoms with E-state index < -0.39 is 0 Å². The second-order valence-electron chi connectivity index (χ2n) is 2.87. The summed E-state index contributed by atoms with van der Waals surface area (Å²) in [5.74, 6) is 0. The zero-order chi connectivity index (χ0) is 8.55. The predicted molar refractivity (Wildman–Crippen MR) is 67.3 cm³/mol. The van der Waals surface area contributed by atoms with Gasteiger partial charge in [-0.1, -0.05) is 12.1 Å². The van der Waals surface area contributed by atoms with Gasteiger partial charge in [-0.3, -0.25) is 0 Å². The van der Waals surface area contributed by atoms with Gasteiger partial charge in [0.1, 0.15) is 0 Å². The molecule has 2 aromatic rings. The van der Waals surface area contributed by atoms with Crippen molar-refractivity contribution < 1.29 is 0 Å². The van der Waals surface area contributed by atoms with Gasteiger partial charge < -0.3 is 11.5 Å². The molecule has 4 heteroatoms. The van der Waals surface area contributed by atoms with E-state index in [1.807, 2.05) is 36.4 Å². The lowest BCUT2D eigenvalue weighted by Crippen LogP contribution is -1.86. The van der Waals surface area contributed by atoms with E-state index in [0.29, 0.717) is 0 Å². The second kappa shape index (κ2) is 4.94. The zero-order valence-electron chi connectivity index (χ0n) is 7.44. The maximum Gasteiger partial charge on any atom is 0.0320 e. The summed E-state index contributed by atoms with van der Waals surface area (Å²) in [6, 6.07) is 11.6. The van der Waals surface area contributed by atoms with Gasteiger partial charge in [0.05, 0.1) is 0 Å². The molecule has 0 unspecified atom stereocenters. The summed E-state index contributed by atoms with van der Waals surface area (Å²) in [5, 5.41) is 2.26. The Kier molecular flexibility index (Phi) is 4.54. The first-order valence-electron chi connectivity index (χ1n) is 3.80. The van der Waals surface area contributed by atoms with Gasteiger partial charge in [-0.25, -0.2) is 0 Å². The molecule has 0 heterocycles. The Labute approximate surface area is 95.1 Å². The summed E-state index contributed by atoms with van der Waals surface area (Å²) < 4.78 is 0. The molecule has 0 atom stereocenters. The van der Waals surface area contributed by atoms with Crippen LogP contribution in [0.25, 0.3) is 10.8 Å². The maximum atomic E-state index is 5.63. The van der Waals surface area contributed by atoms with Gasteiger partial charge in [0.2, 0.25) is 0 Å². The van der Waals surface area contributed by atoms with Crippen molar-refractivity contribution in [2.45, 2.75) is 0 Å². The molecule has 0 amide bonds. The van der Waals surface area contributed by atoms with E-state index in [1.165, 1.54) is 5.39 Å². The third kappa shape index (κ3) is 2.44. The molecule has 0 bridgehead atoms. The molecule has 76 valence electrons. The minimum atomic E-state index is 0. The van der Waals surface area contributed by atoms with Crippen LogP contribution in [0.3, 0.4) is 0 Å². The van der Waals surface area contributed by atoms with Crippen LogP contribution in [0.4, 0.5) is 11.4 Å². The molecule has 2 rings (SSSR count). The van der Waals surface area contributed by atoms with Gasteiger partial charge in [-0.2, -0.15) is 0 Å². The van der Waals surface area contributed by atoms with Crippen LogP contribution in [-0.4, -0.2) is 0 Å². The molecular formula is C10H12Cl2N2. The van der Waals surface area contributed by atoms with E-state index in [2.05, 4.69) is 0 Å². The lowest BCUT2D eigenvalue weighted by molar-refractivity contribution is 1.71. The Morgan fingerprint density at radius 2 is 1.07 bits per heavy atom. The summed E-state index contributed by atoms with van der Waals surface area (Å²) in [7, 11) is 0. The number of benzene rings is 2. The fraction of sp³-hybridized carbons (Fsp3) is 0. The summed E-state index contributed by atoms with van der Waals surface area (Å²) in [4.78, 5) is 0. The molecule has 2 aromatic carbocycles. The van der Waals surface area contributed by atoms with E-state index in [4.69, 9.17) is 11.5 Å². The number of hydrogen-bond acceptors (Lipinski definition) is 2. The average Bonchev–Trinajstić information content (AvgIpc) is 2.03. The van der Waals surface area contributed by atoms with Crippen LogP contribution in [0, 0.1) is 0 Å². The Balaban J connectivity index is 0.000000845.